The molecule has 0 atom stereocenters. The monoisotopic (exact) mass is 255 g/mol. The van der Waals surface area contributed by atoms with Gasteiger partial charge in [0, 0.05) is 26.1 Å². The number of hydrogen-bond acceptors (Lipinski definition) is 5. The topological polar surface area (TPSA) is 67.1 Å². The first-order valence-corrected chi connectivity index (χ1v) is 6.43. The van der Waals surface area contributed by atoms with Crippen molar-refractivity contribution in [3.8, 4) is 0 Å². The molecule has 0 fully saturated rings. The first-order valence-electron chi connectivity index (χ1n) is 6.43. The van der Waals surface area contributed by atoms with Gasteiger partial charge in [0.05, 0.1) is 5.69 Å². The Morgan fingerprint density at radius 1 is 1.21 bits per heavy atom. The van der Waals surface area contributed by atoms with Crippen LogP contribution in [0.2, 0.25) is 0 Å². The van der Waals surface area contributed by atoms with Crippen molar-refractivity contribution in [2.24, 2.45) is 5.84 Å². The first kappa shape index (κ1) is 12.1. The molecule has 3 N–H and O–H groups in total. The van der Waals surface area contributed by atoms with Gasteiger partial charge in [-0.25, -0.2) is 5.84 Å². The van der Waals surface area contributed by atoms with Gasteiger partial charge in [0.15, 0.2) is 5.82 Å². The van der Waals surface area contributed by atoms with Crippen molar-refractivity contribution in [1.82, 2.24) is 15.1 Å². The lowest BCUT2D eigenvalue weighted by atomic mass is 10.1. The number of aromatic nitrogens is 2. The highest BCUT2D eigenvalue weighted by Crippen LogP contribution is 2.20. The van der Waals surface area contributed by atoms with Crippen molar-refractivity contribution in [3.05, 3.63) is 53.2 Å². The molecule has 5 nitrogen and oxygen atoms in total. The zero-order valence-electron chi connectivity index (χ0n) is 10.7. The zero-order chi connectivity index (χ0) is 13.1. The van der Waals surface area contributed by atoms with E-state index in [1.165, 1.54) is 11.1 Å². The van der Waals surface area contributed by atoms with Gasteiger partial charge < -0.3 is 5.43 Å². The third-order valence-corrected chi connectivity index (χ3v) is 3.42. The van der Waals surface area contributed by atoms with Crippen molar-refractivity contribution in [2.45, 2.75) is 19.5 Å². The predicted octanol–water partition coefficient (Wildman–Crippen LogP) is 1.32. The molecule has 0 spiro atoms. The van der Waals surface area contributed by atoms with E-state index in [0.717, 1.165) is 31.7 Å². The smallest absolute Gasteiger partial charge is 0.162 e. The zero-order valence-corrected chi connectivity index (χ0v) is 10.7. The second kappa shape index (κ2) is 5.34. The van der Waals surface area contributed by atoms with Crippen LogP contribution in [0.1, 0.15) is 16.8 Å². The van der Waals surface area contributed by atoms with Gasteiger partial charge in [0.25, 0.3) is 0 Å². The van der Waals surface area contributed by atoms with Crippen LogP contribution >= 0.6 is 0 Å². The predicted molar refractivity (Wildman–Crippen MR) is 74.1 cm³/mol. The minimum atomic E-state index is 0.625. The summed E-state index contributed by atoms with van der Waals surface area (Å²) >= 11 is 0. The Morgan fingerprint density at radius 3 is 2.84 bits per heavy atom. The van der Waals surface area contributed by atoms with Crippen LogP contribution in [0.25, 0.3) is 0 Å². The SMILES string of the molecule is NNc1cc2c(nn1)CCN(Cc1ccccc1)C2. The largest absolute Gasteiger partial charge is 0.307 e. The quantitative estimate of drug-likeness (QED) is 0.639. The van der Waals surface area contributed by atoms with Crippen molar-refractivity contribution in [3.63, 3.8) is 0 Å². The number of nitrogen functional groups attached to an aromatic ring is 1. The molecule has 1 aromatic carbocycles. The molecule has 0 saturated carbocycles. The van der Waals surface area contributed by atoms with Crippen LogP contribution in [0.5, 0.6) is 0 Å². The highest BCUT2D eigenvalue weighted by atomic mass is 15.3. The molecule has 0 amide bonds. The van der Waals surface area contributed by atoms with Crippen molar-refractivity contribution >= 4 is 5.82 Å². The summed E-state index contributed by atoms with van der Waals surface area (Å²) in [6.45, 7) is 2.88. The number of hydrogen-bond donors (Lipinski definition) is 2. The van der Waals surface area contributed by atoms with Gasteiger partial charge in [0.1, 0.15) is 0 Å². The Morgan fingerprint density at radius 2 is 2.05 bits per heavy atom. The van der Waals surface area contributed by atoms with Gasteiger partial charge in [-0.3, -0.25) is 4.90 Å². The molecule has 5 heteroatoms. The van der Waals surface area contributed by atoms with E-state index in [-0.39, 0.29) is 0 Å². The molecular formula is C14H17N5. The Bertz CT molecular complexity index is 555. The Kier molecular flexibility index (Phi) is 3.39. The summed E-state index contributed by atoms with van der Waals surface area (Å²) in [5, 5.41) is 8.23. The summed E-state index contributed by atoms with van der Waals surface area (Å²) in [5.74, 6) is 6.00. The third kappa shape index (κ3) is 2.72. The molecule has 98 valence electrons. The number of rotatable bonds is 3. The van der Waals surface area contributed by atoms with Gasteiger partial charge >= 0.3 is 0 Å². The van der Waals surface area contributed by atoms with Crippen molar-refractivity contribution < 1.29 is 0 Å². The summed E-state index contributed by atoms with van der Waals surface area (Å²) in [6.07, 6.45) is 0.944. The van der Waals surface area contributed by atoms with Crippen molar-refractivity contribution in [1.29, 1.82) is 0 Å². The van der Waals surface area contributed by atoms with Crippen LogP contribution in [0.15, 0.2) is 36.4 Å². The van der Waals surface area contributed by atoms with E-state index < -0.39 is 0 Å². The number of nitrogens with zero attached hydrogens (tertiary/aromatic N) is 3. The molecule has 0 saturated heterocycles. The fraction of sp³-hybridized carbons (Fsp3) is 0.286. The first-order chi connectivity index (χ1) is 9.35. The number of hydrazine groups is 1. The maximum absolute atomic E-state index is 5.38. The lowest BCUT2D eigenvalue weighted by Crippen LogP contribution is -2.31. The van der Waals surface area contributed by atoms with E-state index in [0.29, 0.717) is 5.82 Å². The van der Waals surface area contributed by atoms with Gasteiger partial charge in [0.2, 0.25) is 0 Å². The van der Waals surface area contributed by atoms with E-state index in [4.69, 9.17) is 5.84 Å². The number of fused-ring (bicyclic) bond motifs is 1. The summed E-state index contributed by atoms with van der Waals surface area (Å²) in [5.41, 5.74) is 6.19. The minimum Gasteiger partial charge on any atom is -0.307 e. The number of anilines is 1. The Labute approximate surface area is 112 Å². The second-order valence-electron chi connectivity index (χ2n) is 4.79. The lowest BCUT2D eigenvalue weighted by Gasteiger charge is -2.27. The molecule has 1 aliphatic rings. The van der Waals surface area contributed by atoms with E-state index in [2.05, 4.69) is 44.8 Å². The second-order valence-corrected chi connectivity index (χ2v) is 4.79. The Balaban J connectivity index is 1.74. The molecule has 0 bridgehead atoms. The van der Waals surface area contributed by atoms with Gasteiger partial charge in [-0.15, -0.1) is 5.10 Å². The molecule has 1 aromatic heterocycles. The maximum Gasteiger partial charge on any atom is 0.162 e. The van der Waals surface area contributed by atoms with Crippen LogP contribution in [-0.4, -0.2) is 21.6 Å². The molecule has 0 unspecified atom stereocenters. The molecule has 2 heterocycles. The minimum absolute atomic E-state index is 0.625. The van der Waals surface area contributed by atoms with E-state index in [9.17, 15) is 0 Å². The molecular weight excluding hydrogens is 238 g/mol. The molecule has 0 radical (unpaired) electrons. The van der Waals surface area contributed by atoms with E-state index >= 15 is 0 Å². The number of nitrogens with one attached hydrogen (secondary N) is 1. The Hall–Kier alpha value is -1.98. The van der Waals surface area contributed by atoms with Crippen LogP contribution in [0, 0.1) is 0 Å². The number of benzene rings is 1. The lowest BCUT2D eigenvalue weighted by molar-refractivity contribution is 0.242. The normalized spacial score (nSPS) is 15.0. The molecule has 3 rings (SSSR count). The summed E-state index contributed by atoms with van der Waals surface area (Å²) in [6, 6.07) is 12.5. The standard InChI is InChI=1S/C14H17N5/c15-16-14-8-12-10-19(7-6-13(12)17-18-14)9-11-4-2-1-3-5-11/h1-5,8H,6-7,9-10,15H2,(H,16,18). The summed E-state index contributed by atoms with van der Waals surface area (Å²) < 4.78 is 0. The fourth-order valence-corrected chi connectivity index (χ4v) is 2.43. The number of nitrogens with two attached hydrogens (primary N) is 1. The van der Waals surface area contributed by atoms with Crippen LogP contribution < -0.4 is 11.3 Å². The van der Waals surface area contributed by atoms with Crippen LogP contribution in [0.3, 0.4) is 0 Å². The van der Waals surface area contributed by atoms with E-state index in [1.807, 2.05) is 12.1 Å². The maximum atomic E-state index is 5.38. The van der Waals surface area contributed by atoms with Crippen LogP contribution in [0.4, 0.5) is 5.82 Å². The average Bonchev–Trinajstić information content (AvgIpc) is 2.47. The average molecular weight is 255 g/mol. The highest BCUT2D eigenvalue weighted by molar-refractivity contribution is 5.37. The van der Waals surface area contributed by atoms with Gasteiger partial charge in [-0.05, 0) is 17.2 Å². The molecule has 0 aliphatic carbocycles. The van der Waals surface area contributed by atoms with Gasteiger partial charge in [-0.1, -0.05) is 30.3 Å². The van der Waals surface area contributed by atoms with Crippen molar-refractivity contribution in [2.75, 3.05) is 12.0 Å². The fourth-order valence-electron chi connectivity index (χ4n) is 2.43. The molecule has 2 aromatic rings. The van der Waals surface area contributed by atoms with E-state index in [1.54, 1.807) is 0 Å². The summed E-state index contributed by atoms with van der Waals surface area (Å²) in [4.78, 5) is 2.42. The van der Waals surface area contributed by atoms with Crippen LogP contribution in [-0.2, 0) is 19.5 Å². The van der Waals surface area contributed by atoms with Gasteiger partial charge in [-0.2, -0.15) is 5.10 Å². The molecule has 1 aliphatic heterocycles. The summed E-state index contributed by atoms with van der Waals surface area (Å²) in [7, 11) is 0. The third-order valence-electron chi connectivity index (χ3n) is 3.42. The highest BCUT2D eigenvalue weighted by Gasteiger charge is 2.18. The molecule has 19 heavy (non-hydrogen) atoms.